The number of nitrogens with two attached hydrogens (primary N) is 1. The fourth-order valence-corrected chi connectivity index (χ4v) is 3.24. The van der Waals surface area contributed by atoms with Crippen LogP contribution >= 0.6 is 11.8 Å². The van der Waals surface area contributed by atoms with Crippen molar-refractivity contribution in [3.63, 3.8) is 0 Å². The number of carbonyl (C=O) groups is 2. The summed E-state index contributed by atoms with van der Waals surface area (Å²) in [4.78, 5) is 25.5. The summed E-state index contributed by atoms with van der Waals surface area (Å²) in [5.41, 5.74) is 11.1. The summed E-state index contributed by atoms with van der Waals surface area (Å²) >= 11 is 1.56. The van der Waals surface area contributed by atoms with Crippen LogP contribution < -0.4 is 26.6 Å². The van der Waals surface area contributed by atoms with Crippen molar-refractivity contribution in [1.29, 1.82) is 0 Å². The van der Waals surface area contributed by atoms with Gasteiger partial charge in [0.05, 0.1) is 18.0 Å². The Morgan fingerprint density at radius 2 is 1.74 bits per heavy atom. The van der Waals surface area contributed by atoms with Crippen LogP contribution in [0.2, 0.25) is 0 Å². The molecule has 0 saturated carbocycles. The minimum Gasteiger partial charge on any atom is -0.496 e. The van der Waals surface area contributed by atoms with Crippen molar-refractivity contribution in [3.05, 3.63) is 54.1 Å². The van der Waals surface area contributed by atoms with Gasteiger partial charge in [-0.1, -0.05) is 49.0 Å². The number of hydrogen-bond acceptors (Lipinski definition) is 5. The van der Waals surface area contributed by atoms with Gasteiger partial charge in [0.2, 0.25) is 0 Å². The van der Waals surface area contributed by atoms with Gasteiger partial charge in [-0.15, -0.1) is 0 Å². The second-order valence-corrected chi connectivity index (χ2v) is 6.76. The molecule has 7 nitrogen and oxygen atoms in total. The van der Waals surface area contributed by atoms with Crippen LogP contribution in [0.25, 0.3) is 0 Å². The Morgan fingerprint density at radius 1 is 1.07 bits per heavy atom. The van der Waals surface area contributed by atoms with E-state index in [1.54, 1.807) is 25.8 Å². The molecular weight excluding hydrogens is 364 g/mol. The summed E-state index contributed by atoms with van der Waals surface area (Å²) in [7, 11) is 1.63. The quantitative estimate of drug-likeness (QED) is 0.545. The highest BCUT2D eigenvalue weighted by Gasteiger charge is 2.12. The molecule has 0 radical (unpaired) electrons. The first-order chi connectivity index (χ1) is 13.0. The van der Waals surface area contributed by atoms with E-state index < -0.39 is 18.0 Å². The van der Waals surface area contributed by atoms with Crippen molar-refractivity contribution in [2.75, 3.05) is 7.11 Å². The van der Waals surface area contributed by atoms with Gasteiger partial charge in [-0.3, -0.25) is 10.2 Å². The van der Waals surface area contributed by atoms with Crippen LogP contribution in [-0.4, -0.2) is 25.1 Å². The number of ether oxygens (including phenoxy) is 1. The van der Waals surface area contributed by atoms with Gasteiger partial charge < -0.3 is 15.8 Å². The van der Waals surface area contributed by atoms with E-state index in [0.29, 0.717) is 13.0 Å². The standard InChI is InChI=1S/C19H24N4O3S/c1-3-14(20)18(24)22-23-19(25)21-12-13-8-4-6-10-16(13)27-17-11-7-5-9-15(17)26-2/h4-11,14H,3,12,20H2,1-2H3,(H,22,24)(H2,21,23,25). The van der Waals surface area contributed by atoms with Gasteiger partial charge in [0.1, 0.15) is 5.75 Å². The number of nitrogens with one attached hydrogen (secondary N) is 3. The second kappa shape index (κ2) is 10.4. The normalized spacial score (nSPS) is 11.4. The van der Waals surface area contributed by atoms with Crippen LogP contribution in [0.3, 0.4) is 0 Å². The largest absolute Gasteiger partial charge is 0.496 e. The lowest BCUT2D eigenvalue weighted by molar-refractivity contribution is -0.123. The van der Waals surface area contributed by atoms with Crippen molar-refractivity contribution in [2.45, 2.75) is 35.7 Å². The van der Waals surface area contributed by atoms with Crippen LogP contribution in [0, 0.1) is 0 Å². The highest BCUT2D eigenvalue weighted by Crippen LogP contribution is 2.36. The van der Waals surface area contributed by atoms with Crippen LogP contribution in [0.1, 0.15) is 18.9 Å². The molecular formula is C19H24N4O3S. The average molecular weight is 388 g/mol. The first-order valence-corrected chi connectivity index (χ1v) is 9.34. The number of benzene rings is 2. The van der Waals surface area contributed by atoms with Crippen molar-refractivity contribution in [3.8, 4) is 5.75 Å². The highest BCUT2D eigenvalue weighted by molar-refractivity contribution is 7.99. The number of para-hydroxylation sites is 1. The third-order valence-corrected chi connectivity index (χ3v) is 4.95. The molecule has 8 heteroatoms. The van der Waals surface area contributed by atoms with E-state index in [4.69, 9.17) is 10.5 Å². The zero-order valence-electron chi connectivity index (χ0n) is 15.3. The summed E-state index contributed by atoms with van der Waals surface area (Å²) in [5.74, 6) is 0.359. The maximum Gasteiger partial charge on any atom is 0.333 e. The molecule has 0 saturated heterocycles. The van der Waals surface area contributed by atoms with Crippen molar-refractivity contribution >= 4 is 23.7 Å². The SMILES string of the molecule is CCC(N)C(=O)NNC(=O)NCc1ccccc1Sc1ccccc1OC. The lowest BCUT2D eigenvalue weighted by Gasteiger charge is -2.14. The molecule has 0 aliphatic carbocycles. The van der Waals surface area contributed by atoms with Gasteiger partial charge in [-0.05, 0) is 30.2 Å². The van der Waals surface area contributed by atoms with E-state index in [1.165, 1.54) is 0 Å². The van der Waals surface area contributed by atoms with Crippen LogP contribution in [0.4, 0.5) is 4.79 Å². The Kier molecular flexibility index (Phi) is 7.97. The molecule has 0 bridgehead atoms. The topological polar surface area (TPSA) is 105 Å². The number of methoxy groups -OCH3 is 1. The summed E-state index contributed by atoms with van der Waals surface area (Å²) in [6.45, 7) is 2.10. The molecule has 2 rings (SSSR count). The molecule has 0 aromatic heterocycles. The van der Waals surface area contributed by atoms with Crippen molar-refractivity contribution < 1.29 is 14.3 Å². The number of carbonyl (C=O) groups excluding carboxylic acids is 2. The molecule has 2 aromatic rings. The molecule has 2 aromatic carbocycles. The molecule has 0 fully saturated rings. The zero-order chi connectivity index (χ0) is 19.6. The first-order valence-electron chi connectivity index (χ1n) is 8.53. The lowest BCUT2D eigenvalue weighted by Crippen LogP contribution is -2.51. The fraction of sp³-hybridized carbons (Fsp3) is 0.263. The maximum absolute atomic E-state index is 11.9. The predicted molar refractivity (Wildman–Crippen MR) is 105 cm³/mol. The average Bonchev–Trinajstić information content (AvgIpc) is 2.71. The van der Waals surface area contributed by atoms with Crippen LogP contribution in [0.15, 0.2) is 58.3 Å². The number of rotatable bonds is 7. The molecule has 5 N–H and O–H groups in total. The van der Waals surface area contributed by atoms with E-state index in [1.807, 2.05) is 48.5 Å². The molecule has 27 heavy (non-hydrogen) atoms. The second-order valence-electron chi connectivity index (χ2n) is 5.67. The Hall–Kier alpha value is -2.71. The zero-order valence-corrected chi connectivity index (χ0v) is 16.1. The van der Waals surface area contributed by atoms with E-state index in [-0.39, 0.29) is 0 Å². The van der Waals surface area contributed by atoms with Crippen molar-refractivity contribution in [1.82, 2.24) is 16.2 Å². The monoisotopic (exact) mass is 388 g/mol. The first kappa shape index (κ1) is 20.6. The molecule has 0 spiro atoms. The molecule has 1 atom stereocenters. The van der Waals surface area contributed by atoms with Crippen molar-refractivity contribution in [2.24, 2.45) is 5.73 Å². The van der Waals surface area contributed by atoms with E-state index in [9.17, 15) is 9.59 Å². The van der Waals surface area contributed by atoms with E-state index in [0.717, 1.165) is 21.1 Å². The van der Waals surface area contributed by atoms with Gasteiger partial charge in [0.25, 0.3) is 5.91 Å². The summed E-state index contributed by atoms with van der Waals surface area (Å²) in [5, 5.41) is 2.72. The Labute approximate surface area is 163 Å². The third-order valence-electron chi connectivity index (χ3n) is 3.78. The summed E-state index contributed by atoms with van der Waals surface area (Å²) < 4.78 is 5.39. The van der Waals surface area contributed by atoms with E-state index in [2.05, 4.69) is 16.2 Å². The highest BCUT2D eigenvalue weighted by atomic mass is 32.2. The Bertz CT molecular complexity index is 785. The summed E-state index contributed by atoms with van der Waals surface area (Å²) in [6, 6.07) is 14.3. The Morgan fingerprint density at radius 3 is 2.44 bits per heavy atom. The van der Waals surface area contributed by atoms with E-state index >= 15 is 0 Å². The smallest absolute Gasteiger partial charge is 0.333 e. The molecule has 0 heterocycles. The number of urea groups is 1. The molecule has 0 aliphatic heterocycles. The van der Waals surface area contributed by atoms with Gasteiger partial charge in [0.15, 0.2) is 0 Å². The van der Waals surface area contributed by atoms with Gasteiger partial charge in [0, 0.05) is 11.4 Å². The maximum atomic E-state index is 11.9. The minimum atomic E-state index is -0.650. The summed E-state index contributed by atoms with van der Waals surface area (Å²) in [6.07, 6.45) is 0.489. The van der Waals surface area contributed by atoms with Crippen LogP contribution in [-0.2, 0) is 11.3 Å². The Balaban J connectivity index is 1.96. The van der Waals surface area contributed by atoms with Gasteiger partial charge in [-0.25, -0.2) is 10.2 Å². The lowest BCUT2D eigenvalue weighted by atomic mass is 10.2. The molecule has 3 amide bonds. The number of hydrazine groups is 1. The molecule has 1 unspecified atom stereocenters. The molecule has 144 valence electrons. The van der Waals surface area contributed by atoms with Gasteiger partial charge in [-0.2, -0.15) is 0 Å². The van der Waals surface area contributed by atoms with Crippen LogP contribution in [0.5, 0.6) is 5.75 Å². The number of amides is 3. The number of hydrogen-bond donors (Lipinski definition) is 4. The predicted octanol–water partition coefficient (Wildman–Crippen LogP) is 2.41. The fourth-order valence-electron chi connectivity index (χ4n) is 2.19. The minimum absolute atomic E-state index is 0.305. The third kappa shape index (κ3) is 6.19. The van der Waals surface area contributed by atoms with Gasteiger partial charge >= 0.3 is 6.03 Å². The molecule has 0 aliphatic rings.